The monoisotopic (exact) mass is 447 g/mol. The number of carbonyl (C=O) groups excluding carboxylic acids is 1. The van der Waals surface area contributed by atoms with Gasteiger partial charge in [0.25, 0.3) is 5.56 Å². The van der Waals surface area contributed by atoms with Gasteiger partial charge < -0.3 is 10.0 Å². The number of aromatic amines is 1. The number of hydrogen-bond donors (Lipinski definition) is 2. The summed E-state index contributed by atoms with van der Waals surface area (Å²) in [5.74, 6) is -0.907. The van der Waals surface area contributed by atoms with Crippen molar-refractivity contribution < 1.29 is 14.7 Å². The van der Waals surface area contributed by atoms with E-state index >= 15 is 0 Å². The number of carboxylic acids is 1. The van der Waals surface area contributed by atoms with Crippen LogP contribution < -0.4 is 10.5 Å². The maximum Gasteiger partial charge on any atom is 0.338 e. The fraction of sp³-hybridized carbons (Fsp3) is 0.273. The topological polar surface area (TPSA) is 139 Å². The van der Waals surface area contributed by atoms with E-state index in [1.54, 1.807) is 9.58 Å². The molecule has 1 amide bonds. The quantitative estimate of drug-likeness (QED) is 0.476. The zero-order valence-electron chi connectivity index (χ0n) is 18.0. The number of carbonyl (C=O) groups is 2. The largest absolute Gasteiger partial charge is 0.478 e. The predicted octanol–water partition coefficient (Wildman–Crippen LogP) is 1.81. The molecule has 0 atom stereocenters. The molecule has 1 saturated heterocycles. The van der Waals surface area contributed by atoms with Crippen LogP contribution in [-0.2, 0) is 11.3 Å². The lowest BCUT2D eigenvalue weighted by atomic mass is 9.93. The van der Waals surface area contributed by atoms with Crippen LogP contribution >= 0.6 is 0 Å². The van der Waals surface area contributed by atoms with Crippen molar-refractivity contribution >= 4 is 28.6 Å². The number of aromatic carboxylic acids is 1. The molecule has 1 fully saturated rings. The van der Waals surface area contributed by atoms with E-state index in [0.717, 1.165) is 11.3 Å². The van der Waals surface area contributed by atoms with Gasteiger partial charge in [0.2, 0.25) is 11.9 Å². The summed E-state index contributed by atoms with van der Waals surface area (Å²) in [6.45, 7) is 5.19. The standard InChI is InChI=1S/C22H21N7O4/c1-22(2)7-17(30)27(12-22)15-5-3-13(4-6-15)10-28-18-16(9-24-28)25-21(26-19(18)31)29-11-14(8-23-29)20(32)33/h3-6,8-9,11H,7,10,12H2,1-2H3,(H,32,33)(H,25,26,31). The molecule has 0 saturated carbocycles. The van der Waals surface area contributed by atoms with Crippen molar-refractivity contribution in [3.63, 3.8) is 0 Å². The Morgan fingerprint density at radius 3 is 2.55 bits per heavy atom. The fourth-order valence-corrected chi connectivity index (χ4v) is 4.04. The summed E-state index contributed by atoms with van der Waals surface area (Å²) < 4.78 is 2.75. The number of anilines is 1. The Morgan fingerprint density at radius 1 is 1.15 bits per heavy atom. The maximum absolute atomic E-state index is 12.8. The van der Waals surface area contributed by atoms with Gasteiger partial charge in [-0.2, -0.15) is 10.2 Å². The van der Waals surface area contributed by atoms with Gasteiger partial charge in [0.15, 0.2) is 5.52 Å². The first-order valence-electron chi connectivity index (χ1n) is 10.3. The number of aromatic nitrogens is 6. The van der Waals surface area contributed by atoms with Gasteiger partial charge in [-0.3, -0.25) is 19.3 Å². The minimum Gasteiger partial charge on any atom is -0.478 e. The number of H-pyrrole nitrogens is 1. The Hall–Kier alpha value is -4.28. The van der Waals surface area contributed by atoms with Crippen molar-refractivity contribution in [3.8, 4) is 5.95 Å². The molecule has 2 N–H and O–H groups in total. The van der Waals surface area contributed by atoms with Crippen LogP contribution in [0.15, 0.2) is 47.7 Å². The van der Waals surface area contributed by atoms with Gasteiger partial charge in [0.05, 0.1) is 24.5 Å². The number of fused-ring (bicyclic) bond motifs is 1. The van der Waals surface area contributed by atoms with Crippen molar-refractivity contribution in [2.45, 2.75) is 26.8 Å². The molecule has 4 heterocycles. The first kappa shape index (κ1) is 20.6. The first-order chi connectivity index (χ1) is 15.7. The van der Waals surface area contributed by atoms with E-state index in [1.165, 1.54) is 23.3 Å². The molecule has 0 radical (unpaired) electrons. The third kappa shape index (κ3) is 3.77. The van der Waals surface area contributed by atoms with Crippen molar-refractivity contribution in [1.29, 1.82) is 0 Å². The molecule has 1 aromatic carbocycles. The lowest BCUT2D eigenvalue weighted by Gasteiger charge is -2.20. The van der Waals surface area contributed by atoms with Crippen LogP contribution in [0.4, 0.5) is 5.69 Å². The molecule has 0 spiro atoms. The number of nitrogens with one attached hydrogen (secondary N) is 1. The highest BCUT2D eigenvalue weighted by Gasteiger charge is 2.36. The number of benzene rings is 1. The molecule has 1 aliphatic rings. The highest BCUT2D eigenvalue weighted by molar-refractivity contribution is 5.96. The molecule has 33 heavy (non-hydrogen) atoms. The second-order valence-electron chi connectivity index (χ2n) is 8.89. The Labute approximate surface area is 187 Å². The summed E-state index contributed by atoms with van der Waals surface area (Å²) >= 11 is 0. The summed E-state index contributed by atoms with van der Waals surface area (Å²) in [6.07, 6.45) is 4.46. The summed E-state index contributed by atoms with van der Waals surface area (Å²) in [4.78, 5) is 44.9. The van der Waals surface area contributed by atoms with Gasteiger partial charge in [0, 0.05) is 24.8 Å². The Balaban J connectivity index is 1.40. The third-order valence-corrected chi connectivity index (χ3v) is 5.63. The Morgan fingerprint density at radius 2 is 1.91 bits per heavy atom. The first-order valence-corrected chi connectivity index (χ1v) is 10.3. The molecular formula is C22H21N7O4. The molecule has 0 bridgehead atoms. The molecule has 11 heteroatoms. The van der Waals surface area contributed by atoms with Crippen LogP contribution in [0.3, 0.4) is 0 Å². The van der Waals surface area contributed by atoms with E-state index in [9.17, 15) is 14.4 Å². The molecule has 0 aliphatic carbocycles. The van der Waals surface area contributed by atoms with Gasteiger partial charge in [0.1, 0.15) is 5.52 Å². The number of rotatable bonds is 5. The maximum atomic E-state index is 12.8. The van der Waals surface area contributed by atoms with Gasteiger partial charge in [-0.25, -0.2) is 14.5 Å². The number of carboxylic acid groups (broad SMARTS) is 1. The second kappa shape index (κ2) is 7.40. The van der Waals surface area contributed by atoms with E-state index in [1.807, 2.05) is 24.3 Å². The molecule has 11 nitrogen and oxygen atoms in total. The van der Waals surface area contributed by atoms with Crippen molar-refractivity contribution in [3.05, 3.63) is 64.3 Å². The highest BCUT2D eigenvalue weighted by Crippen LogP contribution is 2.33. The minimum absolute atomic E-state index is 0.0175. The average Bonchev–Trinajstić information content (AvgIpc) is 3.46. The van der Waals surface area contributed by atoms with Crippen LogP contribution in [0.1, 0.15) is 36.2 Å². The molecule has 0 unspecified atom stereocenters. The zero-order valence-corrected chi connectivity index (χ0v) is 18.0. The summed E-state index contributed by atoms with van der Waals surface area (Å²) in [7, 11) is 0. The van der Waals surface area contributed by atoms with E-state index < -0.39 is 11.5 Å². The van der Waals surface area contributed by atoms with Crippen molar-refractivity contribution in [1.82, 2.24) is 29.5 Å². The lowest BCUT2D eigenvalue weighted by Crippen LogP contribution is -2.25. The lowest BCUT2D eigenvalue weighted by molar-refractivity contribution is -0.117. The minimum atomic E-state index is -1.12. The van der Waals surface area contributed by atoms with E-state index in [2.05, 4.69) is 34.0 Å². The summed E-state index contributed by atoms with van der Waals surface area (Å²) in [5, 5.41) is 17.3. The molecule has 4 aromatic rings. The van der Waals surface area contributed by atoms with Gasteiger partial charge >= 0.3 is 5.97 Å². The number of amides is 1. The third-order valence-electron chi connectivity index (χ3n) is 5.63. The fourth-order valence-electron chi connectivity index (χ4n) is 4.04. The second-order valence-corrected chi connectivity index (χ2v) is 8.89. The van der Waals surface area contributed by atoms with Gasteiger partial charge in [-0.1, -0.05) is 26.0 Å². The van der Waals surface area contributed by atoms with Crippen LogP contribution in [0.5, 0.6) is 0 Å². The zero-order chi connectivity index (χ0) is 23.3. The van der Waals surface area contributed by atoms with Crippen LogP contribution in [0.2, 0.25) is 0 Å². The van der Waals surface area contributed by atoms with Crippen molar-refractivity contribution in [2.24, 2.45) is 5.41 Å². The van der Waals surface area contributed by atoms with Crippen LogP contribution in [0.25, 0.3) is 17.0 Å². The Bertz CT molecular complexity index is 1450. The molecule has 168 valence electrons. The summed E-state index contributed by atoms with van der Waals surface area (Å²) in [6, 6.07) is 7.63. The summed E-state index contributed by atoms with van der Waals surface area (Å²) in [5.41, 5.74) is 1.95. The Kier molecular flexibility index (Phi) is 4.62. The van der Waals surface area contributed by atoms with Gasteiger partial charge in [-0.15, -0.1) is 0 Å². The van der Waals surface area contributed by atoms with Crippen LogP contribution in [-0.4, -0.2) is 53.1 Å². The van der Waals surface area contributed by atoms with E-state index in [0.29, 0.717) is 30.5 Å². The highest BCUT2D eigenvalue weighted by atomic mass is 16.4. The van der Waals surface area contributed by atoms with E-state index in [-0.39, 0.29) is 22.8 Å². The molecular weight excluding hydrogens is 426 g/mol. The molecule has 5 rings (SSSR count). The smallest absolute Gasteiger partial charge is 0.338 e. The number of nitrogens with zero attached hydrogens (tertiary/aromatic N) is 6. The average molecular weight is 447 g/mol. The van der Waals surface area contributed by atoms with Crippen molar-refractivity contribution in [2.75, 3.05) is 11.4 Å². The normalized spacial score (nSPS) is 15.5. The molecule has 3 aromatic heterocycles. The van der Waals surface area contributed by atoms with Crippen LogP contribution in [0, 0.1) is 5.41 Å². The SMILES string of the molecule is CC1(C)CC(=O)N(c2ccc(Cn3ncc4nc(-n5cc(C(=O)O)cn5)[nH]c(=O)c43)cc2)C1. The van der Waals surface area contributed by atoms with Gasteiger partial charge in [-0.05, 0) is 23.1 Å². The van der Waals surface area contributed by atoms with E-state index in [4.69, 9.17) is 5.11 Å². The number of hydrogen-bond acceptors (Lipinski definition) is 6. The molecule has 1 aliphatic heterocycles. The predicted molar refractivity (Wildman–Crippen MR) is 119 cm³/mol.